The normalized spacial score (nSPS) is 10.4. The van der Waals surface area contributed by atoms with Gasteiger partial charge in [0.05, 0.1) is 19.3 Å². The second-order valence-electron chi connectivity index (χ2n) is 4.74. The van der Waals surface area contributed by atoms with Crippen molar-refractivity contribution in [3.05, 3.63) is 39.8 Å². The van der Waals surface area contributed by atoms with Gasteiger partial charge in [0, 0.05) is 22.9 Å². The molecule has 0 aromatic carbocycles. The fourth-order valence-electron chi connectivity index (χ4n) is 2.19. The van der Waals surface area contributed by atoms with Gasteiger partial charge >= 0.3 is 0 Å². The van der Waals surface area contributed by atoms with Gasteiger partial charge in [0.2, 0.25) is 5.95 Å². The molecule has 0 bridgehead atoms. The first-order valence-corrected chi connectivity index (χ1v) is 7.45. The van der Waals surface area contributed by atoms with E-state index in [2.05, 4.69) is 42.8 Å². The van der Waals surface area contributed by atoms with Crippen LogP contribution in [0, 0.1) is 13.8 Å². The lowest BCUT2D eigenvalue weighted by Crippen LogP contribution is -2.10. The summed E-state index contributed by atoms with van der Waals surface area (Å²) in [4.78, 5) is 12.7. The molecule has 0 aliphatic heterocycles. The molecule has 2 rings (SSSR count). The van der Waals surface area contributed by atoms with E-state index in [0.29, 0.717) is 17.0 Å². The summed E-state index contributed by atoms with van der Waals surface area (Å²) in [5.41, 5.74) is 9.32. The van der Waals surface area contributed by atoms with Gasteiger partial charge in [-0.05, 0) is 29.8 Å². The number of ether oxygens (including phenoxy) is 1. The molecule has 22 heavy (non-hydrogen) atoms. The Bertz CT molecular complexity index is 718. The van der Waals surface area contributed by atoms with Gasteiger partial charge in [0.15, 0.2) is 0 Å². The van der Waals surface area contributed by atoms with Crippen molar-refractivity contribution in [1.82, 2.24) is 15.0 Å². The highest BCUT2D eigenvalue weighted by Crippen LogP contribution is 2.26. The van der Waals surface area contributed by atoms with Gasteiger partial charge in [0.1, 0.15) is 16.2 Å². The number of hydrogen-bond acceptors (Lipinski definition) is 6. The number of nitrogen functional groups attached to an aromatic ring is 1. The molecule has 6 nitrogen and oxygen atoms in total. The van der Waals surface area contributed by atoms with Crippen molar-refractivity contribution < 1.29 is 4.74 Å². The molecule has 0 saturated heterocycles. The summed E-state index contributed by atoms with van der Waals surface area (Å²) >= 11 is 3.35. The number of aryl methyl sites for hydroxylation is 1. The van der Waals surface area contributed by atoms with Gasteiger partial charge in [-0.25, -0.2) is 4.98 Å². The lowest BCUT2D eigenvalue weighted by atomic mass is 10.1. The van der Waals surface area contributed by atoms with E-state index in [1.54, 1.807) is 19.4 Å². The third-order valence-corrected chi connectivity index (χ3v) is 3.90. The average molecular weight is 364 g/mol. The second-order valence-corrected chi connectivity index (χ2v) is 5.49. The number of aromatic nitrogens is 3. The van der Waals surface area contributed by atoms with Crippen molar-refractivity contribution in [2.24, 2.45) is 0 Å². The Labute approximate surface area is 138 Å². The van der Waals surface area contributed by atoms with Crippen LogP contribution in [-0.4, -0.2) is 22.1 Å². The molecule has 2 aromatic rings. The van der Waals surface area contributed by atoms with Gasteiger partial charge in [-0.15, -0.1) is 0 Å². The lowest BCUT2D eigenvalue weighted by molar-refractivity contribution is 0.407. The fourth-order valence-corrected chi connectivity index (χ4v) is 2.72. The molecule has 7 heteroatoms. The topological polar surface area (TPSA) is 86.0 Å². The molecule has 0 saturated carbocycles. The molecule has 116 valence electrons. The van der Waals surface area contributed by atoms with Gasteiger partial charge in [-0.2, -0.15) is 4.98 Å². The predicted molar refractivity (Wildman–Crippen MR) is 91.8 cm³/mol. The smallest absolute Gasteiger partial charge is 0.223 e. The largest absolute Gasteiger partial charge is 0.496 e. The third-order valence-electron chi connectivity index (χ3n) is 3.29. The predicted octanol–water partition coefficient (Wildman–Crippen LogP) is 3.10. The van der Waals surface area contributed by atoms with Crippen LogP contribution in [0.2, 0.25) is 0 Å². The zero-order valence-electron chi connectivity index (χ0n) is 12.8. The van der Waals surface area contributed by atoms with E-state index in [9.17, 15) is 0 Å². The minimum atomic E-state index is 0.186. The first-order valence-electron chi connectivity index (χ1n) is 6.66. The molecular weight excluding hydrogens is 346 g/mol. The number of nitrogens with zero attached hydrogens (tertiary/aromatic N) is 3. The molecular formula is C15H18BrN5O. The highest BCUT2D eigenvalue weighted by atomic mass is 79.9. The molecule has 0 spiro atoms. The van der Waals surface area contributed by atoms with Crippen LogP contribution in [0.5, 0.6) is 5.75 Å². The van der Waals surface area contributed by atoms with E-state index < -0.39 is 0 Å². The highest BCUT2D eigenvalue weighted by Gasteiger charge is 2.12. The first-order chi connectivity index (χ1) is 10.5. The van der Waals surface area contributed by atoms with Crippen LogP contribution in [0.25, 0.3) is 6.08 Å². The molecule has 0 fully saturated rings. The zero-order valence-corrected chi connectivity index (χ0v) is 14.4. The van der Waals surface area contributed by atoms with E-state index in [4.69, 9.17) is 10.5 Å². The van der Waals surface area contributed by atoms with E-state index in [0.717, 1.165) is 28.1 Å². The number of anilines is 2. The maximum atomic E-state index is 5.69. The summed E-state index contributed by atoms with van der Waals surface area (Å²) in [7, 11) is 1.66. The van der Waals surface area contributed by atoms with Gasteiger partial charge in [0.25, 0.3) is 0 Å². The molecule has 2 aromatic heterocycles. The Hall–Kier alpha value is -2.15. The van der Waals surface area contributed by atoms with Crippen LogP contribution in [-0.2, 0) is 6.54 Å². The number of pyridine rings is 1. The number of nitrogens with one attached hydrogen (secondary N) is 1. The third kappa shape index (κ3) is 3.19. The SMILES string of the molecule is C=Cc1c(Br)nc(N)nc1NCc1ncc(C)c(OC)c1C. The zero-order chi connectivity index (χ0) is 16.3. The number of rotatable bonds is 5. The van der Waals surface area contributed by atoms with Gasteiger partial charge in [-0.1, -0.05) is 12.7 Å². The van der Waals surface area contributed by atoms with Crippen molar-refractivity contribution in [2.45, 2.75) is 20.4 Å². The summed E-state index contributed by atoms with van der Waals surface area (Å²) in [5.74, 6) is 1.64. The molecule has 0 unspecified atom stereocenters. The maximum Gasteiger partial charge on any atom is 0.223 e. The van der Waals surface area contributed by atoms with Crippen molar-refractivity contribution in [3.63, 3.8) is 0 Å². The molecule has 0 aliphatic carbocycles. The van der Waals surface area contributed by atoms with Gasteiger partial charge < -0.3 is 15.8 Å². The summed E-state index contributed by atoms with van der Waals surface area (Å²) < 4.78 is 6.02. The minimum Gasteiger partial charge on any atom is -0.496 e. The van der Waals surface area contributed by atoms with Crippen molar-refractivity contribution in [1.29, 1.82) is 0 Å². The Morgan fingerprint density at radius 3 is 2.77 bits per heavy atom. The van der Waals surface area contributed by atoms with Crippen LogP contribution < -0.4 is 15.8 Å². The van der Waals surface area contributed by atoms with Crippen LogP contribution in [0.1, 0.15) is 22.4 Å². The van der Waals surface area contributed by atoms with E-state index in [1.165, 1.54) is 0 Å². The van der Waals surface area contributed by atoms with Crippen LogP contribution in [0.15, 0.2) is 17.4 Å². The molecule has 0 amide bonds. The average Bonchev–Trinajstić information content (AvgIpc) is 2.46. The number of methoxy groups -OCH3 is 1. The summed E-state index contributed by atoms with van der Waals surface area (Å²) in [6.45, 7) is 8.21. The van der Waals surface area contributed by atoms with Crippen LogP contribution in [0.3, 0.4) is 0 Å². The Morgan fingerprint density at radius 1 is 1.41 bits per heavy atom. The van der Waals surface area contributed by atoms with Crippen LogP contribution in [0.4, 0.5) is 11.8 Å². The molecule has 2 heterocycles. The Balaban J connectivity index is 2.30. The van der Waals surface area contributed by atoms with E-state index in [1.807, 2.05) is 13.8 Å². The lowest BCUT2D eigenvalue weighted by Gasteiger charge is -2.14. The first kappa shape index (κ1) is 16.2. The minimum absolute atomic E-state index is 0.186. The van der Waals surface area contributed by atoms with Crippen molar-refractivity contribution in [2.75, 3.05) is 18.2 Å². The molecule has 0 aliphatic rings. The second kappa shape index (κ2) is 6.74. The fraction of sp³-hybridized carbons (Fsp3) is 0.267. The highest BCUT2D eigenvalue weighted by molar-refractivity contribution is 9.10. The standard InChI is InChI=1S/C15H18BrN5O/c1-5-10-13(16)20-15(17)21-14(10)19-7-11-9(3)12(22-4)8(2)6-18-11/h5-6H,1,7H2,2-4H3,(H3,17,19,20,21). The summed E-state index contributed by atoms with van der Waals surface area (Å²) in [6.07, 6.45) is 3.46. The quantitative estimate of drug-likeness (QED) is 0.793. The molecule has 0 radical (unpaired) electrons. The van der Waals surface area contributed by atoms with Crippen molar-refractivity contribution >= 4 is 33.8 Å². The molecule has 0 atom stereocenters. The number of halogens is 1. The Kier molecular flexibility index (Phi) is 4.97. The molecule has 3 N–H and O–H groups in total. The van der Waals surface area contributed by atoms with Crippen molar-refractivity contribution in [3.8, 4) is 5.75 Å². The van der Waals surface area contributed by atoms with Gasteiger partial charge in [-0.3, -0.25) is 4.98 Å². The Morgan fingerprint density at radius 2 is 2.14 bits per heavy atom. The van der Waals surface area contributed by atoms with Crippen LogP contribution >= 0.6 is 15.9 Å². The van der Waals surface area contributed by atoms with E-state index >= 15 is 0 Å². The number of nitrogens with two attached hydrogens (primary N) is 1. The summed E-state index contributed by atoms with van der Waals surface area (Å²) in [6, 6.07) is 0. The monoisotopic (exact) mass is 363 g/mol. The summed E-state index contributed by atoms with van der Waals surface area (Å²) in [5, 5.41) is 3.22. The maximum absolute atomic E-state index is 5.69. The number of hydrogen-bond donors (Lipinski definition) is 2. The van der Waals surface area contributed by atoms with E-state index in [-0.39, 0.29) is 5.95 Å².